The zero-order chi connectivity index (χ0) is 13.6. The lowest BCUT2D eigenvalue weighted by Gasteiger charge is -2.42. The summed E-state index contributed by atoms with van der Waals surface area (Å²) < 4.78 is 5.46. The Labute approximate surface area is 128 Å². The molecule has 1 saturated carbocycles. The van der Waals surface area contributed by atoms with Gasteiger partial charge in [0.05, 0.1) is 0 Å². The number of amides is 1. The minimum atomic E-state index is 0. The lowest BCUT2D eigenvalue weighted by Crippen LogP contribution is -2.44. The lowest BCUT2D eigenvalue weighted by molar-refractivity contribution is -0.122. The maximum Gasteiger partial charge on any atom is 0.221 e. The van der Waals surface area contributed by atoms with E-state index >= 15 is 0 Å². The van der Waals surface area contributed by atoms with E-state index in [9.17, 15) is 4.79 Å². The summed E-state index contributed by atoms with van der Waals surface area (Å²) in [6.45, 7) is 5.55. The Morgan fingerprint density at radius 1 is 1.40 bits per heavy atom. The molecule has 1 amide bonds. The predicted molar refractivity (Wildman–Crippen MR) is 83.3 cm³/mol. The van der Waals surface area contributed by atoms with Crippen molar-refractivity contribution < 1.29 is 9.53 Å². The maximum absolute atomic E-state index is 11.9. The Balaban J connectivity index is 0.00000200. The Morgan fingerprint density at radius 3 is 2.75 bits per heavy atom. The first-order valence-electron chi connectivity index (χ1n) is 7.82. The van der Waals surface area contributed by atoms with Crippen LogP contribution in [0.25, 0.3) is 0 Å². The fraction of sp³-hybridized carbons (Fsp3) is 0.933. The summed E-state index contributed by atoms with van der Waals surface area (Å²) in [7, 11) is 0. The van der Waals surface area contributed by atoms with Crippen molar-refractivity contribution in [1.29, 1.82) is 0 Å². The van der Waals surface area contributed by atoms with Crippen molar-refractivity contribution in [2.24, 2.45) is 5.41 Å². The van der Waals surface area contributed by atoms with Crippen LogP contribution in [0.2, 0.25) is 0 Å². The summed E-state index contributed by atoms with van der Waals surface area (Å²) in [4.78, 5) is 11.9. The second kappa shape index (κ2) is 8.85. The summed E-state index contributed by atoms with van der Waals surface area (Å²) in [5, 5.41) is 6.52. The third-order valence-corrected chi connectivity index (χ3v) is 4.65. The molecule has 4 nitrogen and oxygen atoms in total. The molecule has 20 heavy (non-hydrogen) atoms. The van der Waals surface area contributed by atoms with Gasteiger partial charge in [0.1, 0.15) is 0 Å². The van der Waals surface area contributed by atoms with E-state index in [0.717, 1.165) is 39.1 Å². The third-order valence-electron chi connectivity index (χ3n) is 4.65. The standard InChI is InChI=1S/C15H28N2O2.ClH/c1-2-19-10-8-15(6-4-7-15)12-17-14(18)11-13-5-3-9-16-13;/h13,16H,2-12H2,1H3,(H,17,18);1H. The van der Waals surface area contributed by atoms with Gasteiger partial charge in [-0.25, -0.2) is 0 Å². The van der Waals surface area contributed by atoms with Gasteiger partial charge < -0.3 is 15.4 Å². The lowest BCUT2D eigenvalue weighted by atomic mass is 9.66. The van der Waals surface area contributed by atoms with Crippen molar-refractivity contribution in [3.8, 4) is 0 Å². The zero-order valence-electron chi connectivity index (χ0n) is 12.6. The number of hydrogen-bond acceptors (Lipinski definition) is 3. The molecule has 0 aromatic rings. The zero-order valence-corrected chi connectivity index (χ0v) is 13.4. The van der Waals surface area contributed by atoms with Gasteiger partial charge in [-0.3, -0.25) is 4.79 Å². The highest BCUT2D eigenvalue weighted by Gasteiger charge is 2.36. The molecule has 118 valence electrons. The molecule has 2 aliphatic rings. The fourth-order valence-electron chi connectivity index (χ4n) is 3.14. The van der Waals surface area contributed by atoms with Gasteiger partial charge in [0.2, 0.25) is 5.91 Å². The van der Waals surface area contributed by atoms with E-state index in [1.165, 1.54) is 25.7 Å². The van der Waals surface area contributed by atoms with E-state index in [1.54, 1.807) is 0 Å². The van der Waals surface area contributed by atoms with Crippen LogP contribution in [0.5, 0.6) is 0 Å². The van der Waals surface area contributed by atoms with Crippen LogP contribution in [-0.2, 0) is 9.53 Å². The summed E-state index contributed by atoms with van der Waals surface area (Å²) >= 11 is 0. The summed E-state index contributed by atoms with van der Waals surface area (Å²) in [6, 6.07) is 0.403. The van der Waals surface area contributed by atoms with E-state index in [-0.39, 0.29) is 18.3 Å². The van der Waals surface area contributed by atoms with Crippen LogP contribution >= 0.6 is 12.4 Å². The van der Waals surface area contributed by atoms with Gasteiger partial charge >= 0.3 is 0 Å². The molecule has 1 aliphatic carbocycles. The van der Waals surface area contributed by atoms with Gasteiger partial charge in [0.25, 0.3) is 0 Å². The molecule has 1 aliphatic heterocycles. The quantitative estimate of drug-likeness (QED) is 0.676. The van der Waals surface area contributed by atoms with E-state index in [4.69, 9.17) is 4.74 Å². The van der Waals surface area contributed by atoms with Gasteiger partial charge in [-0.15, -0.1) is 12.4 Å². The number of carbonyl (C=O) groups excluding carboxylic acids is 1. The van der Waals surface area contributed by atoms with Crippen molar-refractivity contribution >= 4 is 18.3 Å². The monoisotopic (exact) mass is 304 g/mol. The Bertz CT molecular complexity index is 290. The number of nitrogens with one attached hydrogen (secondary N) is 2. The topological polar surface area (TPSA) is 50.4 Å². The van der Waals surface area contributed by atoms with Gasteiger partial charge in [-0.05, 0) is 51.0 Å². The SMILES string of the molecule is CCOCCC1(CNC(=O)CC2CCCN2)CCC1.Cl. The molecule has 0 bridgehead atoms. The van der Waals surface area contributed by atoms with Crippen molar-refractivity contribution in [3.05, 3.63) is 0 Å². The summed E-state index contributed by atoms with van der Waals surface area (Å²) in [5.74, 6) is 0.210. The second-order valence-corrected chi connectivity index (χ2v) is 6.07. The highest BCUT2D eigenvalue weighted by atomic mass is 35.5. The van der Waals surface area contributed by atoms with Crippen LogP contribution in [0, 0.1) is 5.41 Å². The Morgan fingerprint density at radius 2 is 2.20 bits per heavy atom. The normalized spacial score (nSPS) is 23.8. The minimum Gasteiger partial charge on any atom is -0.382 e. The first kappa shape index (κ1) is 17.7. The molecule has 2 N–H and O–H groups in total. The van der Waals surface area contributed by atoms with Crippen molar-refractivity contribution in [3.63, 3.8) is 0 Å². The predicted octanol–water partition coefficient (Wildman–Crippen LogP) is 2.26. The first-order valence-corrected chi connectivity index (χ1v) is 7.82. The molecule has 1 atom stereocenters. The van der Waals surface area contributed by atoms with Crippen LogP contribution < -0.4 is 10.6 Å². The maximum atomic E-state index is 11.9. The van der Waals surface area contributed by atoms with Crippen LogP contribution in [0.15, 0.2) is 0 Å². The van der Waals surface area contributed by atoms with E-state index in [2.05, 4.69) is 10.6 Å². The van der Waals surface area contributed by atoms with Crippen molar-refractivity contribution in [1.82, 2.24) is 10.6 Å². The number of carbonyl (C=O) groups is 1. The van der Waals surface area contributed by atoms with Crippen LogP contribution in [-0.4, -0.2) is 38.3 Å². The average molecular weight is 305 g/mol. The largest absolute Gasteiger partial charge is 0.382 e. The molecule has 2 fully saturated rings. The van der Waals surface area contributed by atoms with Gasteiger partial charge in [-0.1, -0.05) is 6.42 Å². The first-order chi connectivity index (χ1) is 9.24. The van der Waals surface area contributed by atoms with Crippen molar-refractivity contribution in [2.45, 2.75) is 57.9 Å². The Kier molecular flexibility index (Phi) is 7.85. The van der Waals surface area contributed by atoms with Gasteiger partial charge in [-0.2, -0.15) is 0 Å². The number of rotatable bonds is 8. The molecule has 0 spiro atoms. The molecule has 1 heterocycles. The average Bonchev–Trinajstić information content (AvgIpc) is 2.84. The van der Waals surface area contributed by atoms with Crippen LogP contribution in [0.3, 0.4) is 0 Å². The molecule has 0 radical (unpaired) electrons. The Hall–Kier alpha value is -0.320. The number of ether oxygens (including phenoxy) is 1. The number of halogens is 1. The van der Waals surface area contributed by atoms with Crippen molar-refractivity contribution in [2.75, 3.05) is 26.3 Å². The second-order valence-electron chi connectivity index (χ2n) is 6.07. The summed E-state index contributed by atoms with van der Waals surface area (Å²) in [6.07, 6.45) is 7.85. The highest BCUT2D eigenvalue weighted by molar-refractivity contribution is 5.85. The van der Waals surface area contributed by atoms with Gasteiger partial charge in [0.15, 0.2) is 0 Å². The van der Waals surface area contributed by atoms with E-state index in [1.807, 2.05) is 6.92 Å². The highest BCUT2D eigenvalue weighted by Crippen LogP contribution is 2.43. The van der Waals surface area contributed by atoms with E-state index in [0.29, 0.717) is 17.9 Å². The van der Waals surface area contributed by atoms with Crippen LogP contribution in [0.1, 0.15) is 51.9 Å². The molecule has 0 aromatic carbocycles. The molecule has 1 unspecified atom stereocenters. The molecule has 1 saturated heterocycles. The molecule has 5 heteroatoms. The van der Waals surface area contributed by atoms with E-state index < -0.39 is 0 Å². The molecular formula is C15H29ClN2O2. The number of hydrogen-bond donors (Lipinski definition) is 2. The molecule has 2 rings (SSSR count). The third kappa shape index (κ3) is 5.23. The molecular weight excluding hydrogens is 276 g/mol. The van der Waals surface area contributed by atoms with Crippen LogP contribution in [0.4, 0.5) is 0 Å². The minimum absolute atomic E-state index is 0. The molecule has 0 aromatic heterocycles. The summed E-state index contributed by atoms with van der Waals surface area (Å²) in [5.41, 5.74) is 0.327. The smallest absolute Gasteiger partial charge is 0.221 e. The van der Waals surface area contributed by atoms with Gasteiger partial charge in [0, 0.05) is 32.2 Å². The fourth-order valence-corrected chi connectivity index (χ4v) is 3.14.